The lowest BCUT2D eigenvalue weighted by molar-refractivity contribution is 0.220. The molecule has 1 aliphatic rings. The van der Waals surface area contributed by atoms with Gasteiger partial charge in [0.25, 0.3) is 0 Å². The molecule has 1 aromatic rings. The largest absolute Gasteiger partial charge is 0.314 e. The van der Waals surface area contributed by atoms with Gasteiger partial charge in [0.1, 0.15) is 4.90 Å². The minimum Gasteiger partial charge on any atom is -0.314 e. The van der Waals surface area contributed by atoms with Crippen LogP contribution in [0.1, 0.15) is 25.2 Å². The lowest BCUT2D eigenvalue weighted by Crippen LogP contribution is -2.57. The standard InChI is InChI=1S/C12H22N4O2S/c1-8-6-13-7-9(2)16(8)19(17,18)12-10(3)14-15(5)11(12)4/h8-9,13H,6-7H2,1-5H3. The quantitative estimate of drug-likeness (QED) is 0.855. The molecule has 7 heteroatoms. The number of piperazine rings is 1. The van der Waals surface area contributed by atoms with Crippen LogP contribution in [-0.2, 0) is 17.1 Å². The molecular weight excluding hydrogens is 264 g/mol. The molecule has 2 atom stereocenters. The minimum absolute atomic E-state index is 0.0484. The lowest BCUT2D eigenvalue weighted by atomic mass is 10.2. The van der Waals surface area contributed by atoms with Gasteiger partial charge in [0.05, 0.1) is 11.4 Å². The predicted octanol–water partition coefficient (Wildman–Crippen LogP) is 0.408. The molecule has 1 N–H and O–H groups in total. The van der Waals surface area contributed by atoms with Crippen LogP contribution in [0.15, 0.2) is 4.90 Å². The Kier molecular flexibility index (Phi) is 3.72. The lowest BCUT2D eigenvalue weighted by Gasteiger charge is -2.38. The first-order valence-corrected chi connectivity index (χ1v) is 7.95. The van der Waals surface area contributed by atoms with E-state index in [1.54, 1.807) is 29.9 Å². The van der Waals surface area contributed by atoms with E-state index in [1.807, 2.05) is 13.8 Å². The van der Waals surface area contributed by atoms with Crippen molar-refractivity contribution in [1.82, 2.24) is 19.4 Å². The van der Waals surface area contributed by atoms with E-state index in [2.05, 4.69) is 10.4 Å². The van der Waals surface area contributed by atoms with Crippen LogP contribution in [0.25, 0.3) is 0 Å². The fourth-order valence-electron chi connectivity index (χ4n) is 2.82. The Balaban J connectivity index is 2.52. The Hall–Kier alpha value is -0.920. The van der Waals surface area contributed by atoms with Crippen LogP contribution in [0.4, 0.5) is 0 Å². The summed E-state index contributed by atoms with van der Waals surface area (Å²) in [6.07, 6.45) is 0. The van der Waals surface area contributed by atoms with Gasteiger partial charge < -0.3 is 5.32 Å². The summed E-state index contributed by atoms with van der Waals surface area (Å²) >= 11 is 0. The second-order valence-corrected chi connectivity index (χ2v) is 7.09. The maximum Gasteiger partial charge on any atom is 0.247 e. The van der Waals surface area contributed by atoms with Crippen LogP contribution in [-0.4, -0.2) is 47.7 Å². The van der Waals surface area contributed by atoms with Gasteiger partial charge in [-0.05, 0) is 27.7 Å². The zero-order chi connectivity index (χ0) is 14.4. The molecule has 0 bridgehead atoms. The van der Waals surface area contributed by atoms with Crippen molar-refractivity contribution in [2.75, 3.05) is 13.1 Å². The van der Waals surface area contributed by atoms with Crippen LogP contribution < -0.4 is 5.32 Å². The molecule has 19 heavy (non-hydrogen) atoms. The summed E-state index contributed by atoms with van der Waals surface area (Å²) in [4.78, 5) is 0.357. The molecule has 1 saturated heterocycles. The highest BCUT2D eigenvalue weighted by Crippen LogP contribution is 2.27. The number of nitrogens with zero attached hydrogens (tertiary/aromatic N) is 3. The van der Waals surface area contributed by atoms with Gasteiger partial charge in [-0.25, -0.2) is 8.42 Å². The Bertz CT molecular complexity index is 569. The fraction of sp³-hybridized carbons (Fsp3) is 0.750. The number of hydrogen-bond donors (Lipinski definition) is 1. The monoisotopic (exact) mass is 286 g/mol. The molecule has 6 nitrogen and oxygen atoms in total. The van der Waals surface area contributed by atoms with Crippen LogP contribution in [0.2, 0.25) is 0 Å². The van der Waals surface area contributed by atoms with E-state index in [9.17, 15) is 8.42 Å². The zero-order valence-electron chi connectivity index (χ0n) is 12.1. The van der Waals surface area contributed by atoms with E-state index in [0.29, 0.717) is 29.4 Å². The zero-order valence-corrected chi connectivity index (χ0v) is 13.0. The molecule has 0 aromatic carbocycles. The number of sulfonamides is 1. The molecule has 108 valence electrons. The van der Waals surface area contributed by atoms with E-state index in [-0.39, 0.29) is 12.1 Å². The molecule has 0 radical (unpaired) electrons. The van der Waals surface area contributed by atoms with Gasteiger partial charge in [-0.15, -0.1) is 0 Å². The third-order valence-corrected chi connectivity index (χ3v) is 6.11. The molecule has 0 saturated carbocycles. The van der Waals surface area contributed by atoms with Crippen molar-refractivity contribution in [2.45, 2.75) is 44.7 Å². The highest BCUT2D eigenvalue weighted by Gasteiger charge is 2.38. The summed E-state index contributed by atoms with van der Waals surface area (Å²) in [6.45, 7) is 8.77. The van der Waals surface area contributed by atoms with E-state index in [4.69, 9.17) is 0 Å². The van der Waals surface area contributed by atoms with Crippen molar-refractivity contribution < 1.29 is 8.42 Å². The predicted molar refractivity (Wildman–Crippen MR) is 73.5 cm³/mol. The summed E-state index contributed by atoms with van der Waals surface area (Å²) in [5.41, 5.74) is 1.26. The SMILES string of the molecule is Cc1nn(C)c(C)c1S(=O)(=O)N1C(C)CNCC1C. The first-order valence-electron chi connectivity index (χ1n) is 6.51. The Morgan fingerprint density at radius 2 is 1.74 bits per heavy atom. The summed E-state index contributed by atoms with van der Waals surface area (Å²) in [7, 11) is -1.72. The number of aryl methyl sites for hydroxylation is 2. The van der Waals surface area contributed by atoms with E-state index >= 15 is 0 Å². The second kappa shape index (κ2) is 4.88. The molecule has 2 unspecified atom stereocenters. The van der Waals surface area contributed by atoms with Crippen molar-refractivity contribution in [3.63, 3.8) is 0 Å². The van der Waals surface area contributed by atoms with Crippen molar-refractivity contribution >= 4 is 10.0 Å². The van der Waals surface area contributed by atoms with E-state index < -0.39 is 10.0 Å². The number of nitrogens with one attached hydrogen (secondary N) is 1. The highest BCUT2D eigenvalue weighted by molar-refractivity contribution is 7.89. The summed E-state index contributed by atoms with van der Waals surface area (Å²) in [6, 6.07) is -0.0967. The number of rotatable bonds is 2. The molecule has 1 aliphatic heterocycles. The van der Waals surface area contributed by atoms with Gasteiger partial charge >= 0.3 is 0 Å². The molecule has 2 heterocycles. The first-order chi connectivity index (χ1) is 8.76. The normalized spacial score (nSPS) is 25.7. The maximum atomic E-state index is 12.9. The summed E-state index contributed by atoms with van der Waals surface area (Å²) in [5.74, 6) is 0. The third-order valence-electron chi connectivity index (χ3n) is 3.73. The topological polar surface area (TPSA) is 67.2 Å². The summed E-state index contributed by atoms with van der Waals surface area (Å²) < 4.78 is 29.1. The molecule has 0 spiro atoms. The second-order valence-electron chi connectivity index (χ2n) is 5.31. The average molecular weight is 286 g/mol. The van der Waals surface area contributed by atoms with Gasteiger partial charge in [-0.3, -0.25) is 4.68 Å². The minimum atomic E-state index is -3.49. The molecule has 0 aliphatic carbocycles. The highest BCUT2D eigenvalue weighted by atomic mass is 32.2. The maximum absolute atomic E-state index is 12.9. The molecular formula is C12H22N4O2S. The average Bonchev–Trinajstić information content (AvgIpc) is 2.52. The van der Waals surface area contributed by atoms with Crippen LogP contribution in [0, 0.1) is 13.8 Å². The van der Waals surface area contributed by atoms with Gasteiger partial charge in [0.15, 0.2) is 0 Å². The summed E-state index contributed by atoms with van der Waals surface area (Å²) in [5, 5.41) is 7.46. The number of hydrogen-bond acceptors (Lipinski definition) is 4. The van der Waals surface area contributed by atoms with Gasteiger partial charge in [0, 0.05) is 32.2 Å². The van der Waals surface area contributed by atoms with Crippen molar-refractivity contribution in [1.29, 1.82) is 0 Å². The molecule has 1 fully saturated rings. The Morgan fingerprint density at radius 3 is 2.16 bits per heavy atom. The van der Waals surface area contributed by atoms with Gasteiger partial charge in [-0.2, -0.15) is 9.40 Å². The Morgan fingerprint density at radius 1 is 1.21 bits per heavy atom. The van der Waals surface area contributed by atoms with Crippen molar-refractivity contribution in [2.24, 2.45) is 7.05 Å². The molecule has 1 aromatic heterocycles. The number of aromatic nitrogens is 2. The van der Waals surface area contributed by atoms with E-state index in [1.165, 1.54) is 0 Å². The van der Waals surface area contributed by atoms with Gasteiger partial charge in [0.2, 0.25) is 10.0 Å². The van der Waals surface area contributed by atoms with E-state index in [0.717, 1.165) is 0 Å². The third kappa shape index (κ3) is 2.30. The van der Waals surface area contributed by atoms with Gasteiger partial charge in [-0.1, -0.05) is 0 Å². The van der Waals surface area contributed by atoms with Crippen LogP contribution in [0.5, 0.6) is 0 Å². The molecule has 0 amide bonds. The first kappa shape index (κ1) is 14.5. The van der Waals surface area contributed by atoms with Crippen LogP contribution in [0.3, 0.4) is 0 Å². The van der Waals surface area contributed by atoms with Crippen molar-refractivity contribution in [3.05, 3.63) is 11.4 Å². The fourth-order valence-corrected chi connectivity index (χ4v) is 5.05. The smallest absolute Gasteiger partial charge is 0.247 e. The Labute approximate surface area is 114 Å². The molecule has 2 rings (SSSR count). The van der Waals surface area contributed by atoms with Crippen molar-refractivity contribution in [3.8, 4) is 0 Å². The van der Waals surface area contributed by atoms with Crippen LogP contribution >= 0.6 is 0 Å².